The van der Waals surface area contributed by atoms with Gasteiger partial charge in [-0.3, -0.25) is 0 Å². The molecule has 0 saturated carbocycles. The molecule has 10 aromatic rings. The van der Waals surface area contributed by atoms with Crippen LogP contribution in [0.15, 0.2) is 212 Å². The minimum absolute atomic E-state index is 1.07. The molecule has 0 atom stereocenters. The molecule has 11 rings (SSSR count). The number of fused-ring (bicyclic) bond motifs is 5. The van der Waals surface area contributed by atoms with Crippen LogP contribution in [0.5, 0.6) is 0 Å². The van der Waals surface area contributed by atoms with Crippen molar-refractivity contribution in [2.24, 2.45) is 0 Å². The van der Waals surface area contributed by atoms with Crippen molar-refractivity contribution < 1.29 is 0 Å². The maximum absolute atomic E-state index is 2.43. The normalized spacial score (nSPS) is 12.3. The van der Waals surface area contributed by atoms with Gasteiger partial charge in [-0.1, -0.05) is 164 Å². The largest absolute Gasteiger partial charge is 0.310 e. The SMILES string of the molecule is C1=Cc2cccc(-c3ccc(N(c4ccccc4)c4ccc(-c5ccccc5-n5c6ccccc6c6ccccc65)cc4-c4cccc5ccccc45)cc3)c2CC1. The molecular weight excluding hydrogens is 701 g/mol. The maximum Gasteiger partial charge on any atom is 0.0541 e. The summed E-state index contributed by atoms with van der Waals surface area (Å²) in [6, 6.07) is 75.5. The fourth-order valence-electron chi connectivity index (χ4n) is 9.21. The molecule has 0 unspecified atom stereocenters. The molecule has 0 spiro atoms. The number of nitrogens with zero attached hydrogens (tertiary/aromatic N) is 2. The van der Waals surface area contributed by atoms with Gasteiger partial charge in [0.1, 0.15) is 0 Å². The van der Waals surface area contributed by atoms with Crippen molar-refractivity contribution in [3.8, 4) is 39.1 Å². The Morgan fingerprint density at radius 2 is 1.02 bits per heavy atom. The van der Waals surface area contributed by atoms with E-state index in [-0.39, 0.29) is 0 Å². The van der Waals surface area contributed by atoms with Crippen molar-refractivity contribution in [1.82, 2.24) is 4.57 Å². The van der Waals surface area contributed by atoms with Crippen LogP contribution in [0.4, 0.5) is 17.1 Å². The van der Waals surface area contributed by atoms with E-state index in [1.54, 1.807) is 0 Å². The number of hydrogen-bond acceptors (Lipinski definition) is 1. The van der Waals surface area contributed by atoms with Crippen LogP contribution >= 0.6 is 0 Å². The summed E-state index contributed by atoms with van der Waals surface area (Å²) < 4.78 is 2.43. The van der Waals surface area contributed by atoms with E-state index >= 15 is 0 Å². The molecule has 0 N–H and O–H groups in total. The molecule has 0 fully saturated rings. The van der Waals surface area contributed by atoms with Crippen molar-refractivity contribution in [3.05, 3.63) is 223 Å². The van der Waals surface area contributed by atoms with Crippen LogP contribution in [0.3, 0.4) is 0 Å². The number of aromatic nitrogens is 1. The van der Waals surface area contributed by atoms with Gasteiger partial charge in [-0.25, -0.2) is 0 Å². The molecule has 0 radical (unpaired) electrons. The highest BCUT2D eigenvalue weighted by molar-refractivity contribution is 6.10. The molecular formula is C56H40N2. The lowest BCUT2D eigenvalue weighted by molar-refractivity contribution is 0.988. The van der Waals surface area contributed by atoms with Crippen LogP contribution in [0.25, 0.3) is 77.7 Å². The average molecular weight is 741 g/mol. The number of hydrogen-bond donors (Lipinski definition) is 0. The Kier molecular flexibility index (Phi) is 8.33. The summed E-state index contributed by atoms with van der Waals surface area (Å²) in [5, 5.41) is 4.96. The van der Waals surface area contributed by atoms with Crippen LogP contribution in [0, 0.1) is 0 Å². The van der Waals surface area contributed by atoms with Crippen molar-refractivity contribution in [2.75, 3.05) is 4.90 Å². The second-order valence-corrected chi connectivity index (χ2v) is 15.2. The Morgan fingerprint density at radius 1 is 0.414 bits per heavy atom. The summed E-state index contributed by atoms with van der Waals surface area (Å²) in [7, 11) is 0. The summed E-state index contributed by atoms with van der Waals surface area (Å²) in [4.78, 5) is 2.42. The van der Waals surface area contributed by atoms with E-state index in [1.165, 1.54) is 71.5 Å². The van der Waals surface area contributed by atoms with Gasteiger partial charge in [0.15, 0.2) is 0 Å². The summed E-state index contributed by atoms with van der Waals surface area (Å²) >= 11 is 0. The van der Waals surface area contributed by atoms with Gasteiger partial charge in [0.25, 0.3) is 0 Å². The van der Waals surface area contributed by atoms with E-state index in [0.717, 1.165) is 41.2 Å². The third kappa shape index (κ3) is 5.73. The average Bonchev–Trinajstić information content (AvgIpc) is 3.64. The molecule has 0 saturated heterocycles. The van der Waals surface area contributed by atoms with Crippen molar-refractivity contribution in [2.45, 2.75) is 12.8 Å². The number of anilines is 3. The van der Waals surface area contributed by atoms with Crippen LogP contribution in [-0.4, -0.2) is 4.57 Å². The molecule has 1 heterocycles. The number of benzene rings is 9. The first kappa shape index (κ1) is 33.9. The van der Waals surface area contributed by atoms with Gasteiger partial charge < -0.3 is 9.47 Å². The zero-order chi connectivity index (χ0) is 38.4. The second kappa shape index (κ2) is 14.3. The minimum Gasteiger partial charge on any atom is -0.310 e. The van der Waals surface area contributed by atoms with Gasteiger partial charge in [-0.15, -0.1) is 0 Å². The first-order valence-electron chi connectivity index (χ1n) is 20.2. The molecule has 2 nitrogen and oxygen atoms in total. The lowest BCUT2D eigenvalue weighted by Crippen LogP contribution is -2.11. The van der Waals surface area contributed by atoms with Crippen molar-refractivity contribution >= 4 is 55.7 Å². The van der Waals surface area contributed by atoms with Gasteiger partial charge in [-0.05, 0) is 112 Å². The predicted octanol–water partition coefficient (Wildman–Crippen LogP) is 15.4. The Labute approximate surface area is 339 Å². The molecule has 0 bridgehead atoms. The molecule has 0 aliphatic heterocycles. The highest BCUT2D eigenvalue weighted by Gasteiger charge is 2.22. The summed E-state index contributed by atoms with van der Waals surface area (Å²) in [6.45, 7) is 0. The fraction of sp³-hybridized carbons (Fsp3) is 0.0357. The van der Waals surface area contributed by atoms with Gasteiger partial charge in [-0.2, -0.15) is 0 Å². The van der Waals surface area contributed by atoms with Gasteiger partial charge in [0.2, 0.25) is 0 Å². The molecule has 58 heavy (non-hydrogen) atoms. The Bertz CT molecular complexity index is 3110. The molecule has 0 amide bonds. The monoisotopic (exact) mass is 740 g/mol. The van der Waals surface area contributed by atoms with E-state index in [2.05, 4.69) is 228 Å². The standard InChI is InChI=1S/C56H40N2/c1-2-20-43(21-3-1)57(44-35-32-41(33-36-44)46-27-14-18-39-16-4-6-22-45(39)46)56-37-34-42(38-52(56)49-28-15-19-40-17-5-7-23-47(40)49)48-24-8-11-29-53(48)58-54-30-12-9-25-50(54)51-26-10-13-31-55(51)58/h1-5,7-21,23-38H,6,22H2. The number of allylic oxidation sites excluding steroid dienone is 1. The minimum atomic E-state index is 1.07. The van der Waals surface area contributed by atoms with Crippen LogP contribution in [0.2, 0.25) is 0 Å². The third-order valence-corrected chi connectivity index (χ3v) is 11.9. The van der Waals surface area contributed by atoms with Gasteiger partial charge in [0.05, 0.1) is 22.4 Å². The van der Waals surface area contributed by atoms with Gasteiger partial charge >= 0.3 is 0 Å². The van der Waals surface area contributed by atoms with E-state index in [0.29, 0.717) is 0 Å². The molecule has 1 aliphatic carbocycles. The third-order valence-electron chi connectivity index (χ3n) is 11.9. The first-order valence-corrected chi connectivity index (χ1v) is 20.2. The van der Waals surface area contributed by atoms with E-state index in [9.17, 15) is 0 Å². The number of rotatable bonds is 7. The summed E-state index contributed by atoms with van der Waals surface area (Å²) in [6.07, 6.45) is 6.71. The first-order chi connectivity index (χ1) is 28.8. The zero-order valence-electron chi connectivity index (χ0n) is 32.1. The Hall–Kier alpha value is -7.42. The zero-order valence-corrected chi connectivity index (χ0v) is 32.1. The highest BCUT2D eigenvalue weighted by atomic mass is 15.1. The van der Waals surface area contributed by atoms with Gasteiger partial charge in [0, 0.05) is 33.3 Å². The van der Waals surface area contributed by atoms with Crippen LogP contribution in [-0.2, 0) is 6.42 Å². The molecule has 2 heteroatoms. The topological polar surface area (TPSA) is 8.17 Å². The fourth-order valence-corrected chi connectivity index (χ4v) is 9.21. The highest BCUT2D eigenvalue weighted by Crippen LogP contribution is 2.46. The van der Waals surface area contributed by atoms with Crippen LogP contribution in [0.1, 0.15) is 17.5 Å². The van der Waals surface area contributed by atoms with Crippen molar-refractivity contribution in [3.63, 3.8) is 0 Å². The van der Waals surface area contributed by atoms with Crippen LogP contribution < -0.4 is 4.90 Å². The quantitative estimate of drug-likeness (QED) is 0.158. The predicted molar refractivity (Wildman–Crippen MR) is 247 cm³/mol. The maximum atomic E-state index is 2.43. The molecule has 1 aromatic heterocycles. The lowest BCUT2D eigenvalue weighted by Gasteiger charge is -2.29. The number of para-hydroxylation sites is 4. The van der Waals surface area contributed by atoms with E-state index in [4.69, 9.17) is 0 Å². The smallest absolute Gasteiger partial charge is 0.0541 e. The van der Waals surface area contributed by atoms with E-state index in [1.807, 2.05) is 0 Å². The molecule has 1 aliphatic rings. The summed E-state index contributed by atoms with van der Waals surface area (Å²) in [5.74, 6) is 0. The molecule has 9 aromatic carbocycles. The second-order valence-electron chi connectivity index (χ2n) is 15.2. The Morgan fingerprint density at radius 3 is 1.83 bits per heavy atom. The Balaban J connectivity index is 1.13. The van der Waals surface area contributed by atoms with Crippen molar-refractivity contribution in [1.29, 1.82) is 0 Å². The summed E-state index contributed by atoms with van der Waals surface area (Å²) in [5.41, 5.74) is 17.0. The van der Waals surface area contributed by atoms with E-state index < -0.39 is 0 Å². The lowest BCUT2D eigenvalue weighted by atomic mass is 9.89. The molecule has 274 valence electrons.